The van der Waals surface area contributed by atoms with E-state index >= 15 is 0 Å². The Morgan fingerprint density at radius 3 is 2.73 bits per heavy atom. The van der Waals surface area contributed by atoms with Gasteiger partial charge in [-0.1, -0.05) is 30.2 Å². The lowest BCUT2D eigenvalue weighted by Gasteiger charge is -2.18. The zero-order chi connectivity index (χ0) is 20.9. The van der Waals surface area contributed by atoms with Gasteiger partial charge in [-0.05, 0) is 29.5 Å². The number of aromatic nitrogens is 5. The van der Waals surface area contributed by atoms with Crippen molar-refractivity contribution in [2.75, 3.05) is 0 Å². The molecule has 0 bridgehead atoms. The molecule has 0 aliphatic rings. The highest BCUT2D eigenvalue weighted by Gasteiger charge is 2.25. The predicted octanol–water partition coefficient (Wildman–Crippen LogP) is 3.69. The van der Waals surface area contributed by atoms with Crippen molar-refractivity contribution in [2.24, 2.45) is 5.92 Å². The fourth-order valence-corrected chi connectivity index (χ4v) is 3.46. The Bertz CT molecular complexity index is 1090. The Labute approximate surface area is 176 Å². The fourth-order valence-electron chi connectivity index (χ4n) is 2.82. The van der Waals surface area contributed by atoms with Crippen LogP contribution in [0.5, 0.6) is 0 Å². The first kappa shape index (κ1) is 19.9. The van der Waals surface area contributed by atoms with Gasteiger partial charge in [0.1, 0.15) is 6.04 Å². The van der Waals surface area contributed by atoms with Crippen LogP contribution in [0.25, 0.3) is 22.1 Å². The normalized spacial score (nSPS) is 12.2. The van der Waals surface area contributed by atoms with Crippen molar-refractivity contribution in [3.8, 4) is 22.1 Å². The van der Waals surface area contributed by atoms with E-state index in [1.54, 1.807) is 18.5 Å². The maximum Gasteiger partial charge on any atom is 0.249 e. The van der Waals surface area contributed by atoms with Gasteiger partial charge in [0.15, 0.2) is 0 Å². The van der Waals surface area contributed by atoms with Crippen LogP contribution in [0.3, 0.4) is 0 Å². The van der Waals surface area contributed by atoms with Crippen LogP contribution in [0.4, 0.5) is 0 Å². The maximum absolute atomic E-state index is 12.5. The highest BCUT2D eigenvalue weighted by atomic mass is 32.1. The molecule has 0 aliphatic heterocycles. The number of amides is 1. The van der Waals surface area contributed by atoms with Gasteiger partial charge in [0.05, 0.1) is 4.88 Å². The van der Waals surface area contributed by atoms with E-state index in [0.29, 0.717) is 29.9 Å². The first-order valence-corrected chi connectivity index (χ1v) is 10.4. The van der Waals surface area contributed by atoms with E-state index in [4.69, 9.17) is 9.05 Å². The summed E-state index contributed by atoms with van der Waals surface area (Å²) in [5.41, 5.74) is 0.749. The van der Waals surface area contributed by atoms with Gasteiger partial charge in [-0.3, -0.25) is 9.78 Å². The molecule has 10 heteroatoms. The van der Waals surface area contributed by atoms with E-state index in [1.165, 1.54) is 11.3 Å². The molecule has 1 atom stereocenters. The minimum absolute atomic E-state index is 0.0602. The summed E-state index contributed by atoms with van der Waals surface area (Å²) >= 11 is 1.53. The molecule has 0 radical (unpaired) electrons. The van der Waals surface area contributed by atoms with Crippen LogP contribution >= 0.6 is 11.3 Å². The number of carbonyl (C=O) groups excluding carboxylic acids is 1. The van der Waals surface area contributed by atoms with Gasteiger partial charge in [-0.15, -0.1) is 11.3 Å². The molecule has 9 nitrogen and oxygen atoms in total. The molecule has 4 aromatic heterocycles. The molecule has 0 aliphatic carbocycles. The number of nitrogens with one attached hydrogen (secondary N) is 1. The molecular weight excluding hydrogens is 404 g/mol. The molecule has 0 spiro atoms. The predicted molar refractivity (Wildman–Crippen MR) is 109 cm³/mol. The van der Waals surface area contributed by atoms with E-state index in [1.807, 2.05) is 37.4 Å². The van der Waals surface area contributed by atoms with Crippen molar-refractivity contribution in [3.05, 3.63) is 53.8 Å². The number of hydrogen-bond acceptors (Lipinski definition) is 9. The van der Waals surface area contributed by atoms with Gasteiger partial charge >= 0.3 is 0 Å². The van der Waals surface area contributed by atoms with Gasteiger partial charge in [0.25, 0.3) is 0 Å². The van der Waals surface area contributed by atoms with Crippen LogP contribution in [0.2, 0.25) is 0 Å². The van der Waals surface area contributed by atoms with Crippen LogP contribution in [0.15, 0.2) is 51.1 Å². The Kier molecular flexibility index (Phi) is 5.94. The molecular formula is C20H20N6O3S. The Morgan fingerprint density at radius 2 is 2.00 bits per heavy atom. The lowest BCUT2D eigenvalue weighted by molar-refractivity contribution is -0.122. The first-order valence-electron chi connectivity index (χ1n) is 9.50. The minimum atomic E-state index is -0.403. The molecule has 0 saturated carbocycles. The second-order valence-corrected chi connectivity index (χ2v) is 7.92. The van der Waals surface area contributed by atoms with Crippen LogP contribution in [-0.2, 0) is 11.2 Å². The summed E-state index contributed by atoms with van der Waals surface area (Å²) in [6, 6.07) is 7.09. The second-order valence-electron chi connectivity index (χ2n) is 6.98. The second kappa shape index (κ2) is 8.95. The van der Waals surface area contributed by atoms with Crippen LogP contribution in [0, 0.1) is 5.92 Å². The molecule has 1 unspecified atom stereocenters. The van der Waals surface area contributed by atoms with Crippen molar-refractivity contribution < 1.29 is 13.8 Å². The zero-order valence-electron chi connectivity index (χ0n) is 16.5. The Balaban J connectivity index is 1.38. The monoisotopic (exact) mass is 424 g/mol. The first-order chi connectivity index (χ1) is 14.6. The van der Waals surface area contributed by atoms with Gasteiger partial charge in [-0.25, -0.2) is 0 Å². The lowest BCUT2D eigenvalue weighted by Crippen LogP contribution is -2.32. The van der Waals surface area contributed by atoms with Crippen molar-refractivity contribution in [1.29, 1.82) is 0 Å². The molecule has 30 heavy (non-hydrogen) atoms. The van der Waals surface area contributed by atoms with E-state index in [0.717, 1.165) is 10.4 Å². The quantitative estimate of drug-likeness (QED) is 0.455. The number of nitrogens with zero attached hydrogens (tertiary/aromatic N) is 5. The summed E-state index contributed by atoms with van der Waals surface area (Å²) in [4.78, 5) is 26.3. The molecule has 154 valence electrons. The molecule has 0 aromatic carbocycles. The third-order valence-corrected chi connectivity index (χ3v) is 5.25. The molecule has 0 saturated heterocycles. The summed E-state index contributed by atoms with van der Waals surface area (Å²) in [6.45, 7) is 3.95. The summed E-state index contributed by atoms with van der Waals surface area (Å²) < 4.78 is 10.7. The fraction of sp³-hybridized carbons (Fsp3) is 0.300. The van der Waals surface area contributed by atoms with Crippen molar-refractivity contribution in [1.82, 2.24) is 30.6 Å². The number of rotatable bonds is 8. The third-order valence-electron chi connectivity index (χ3n) is 4.39. The molecule has 0 fully saturated rings. The molecule has 4 heterocycles. The van der Waals surface area contributed by atoms with Crippen LogP contribution in [-0.4, -0.2) is 31.2 Å². The topological polar surface area (TPSA) is 120 Å². The van der Waals surface area contributed by atoms with Crippen molar-refractivity contribution >= 4 is 17.2 Å². The zero-order valence-corrected chi connectivity index (χ0v) is 17.3. The largest absolute Gasteiger partial charge is 0.344 e. The summed E-state index contributed by atoms with van der Waals surface area (Å²) in [5, 5.41) is 12.9. The number of pyridine rings is 1. The SMILES string of the molecule is CC(C)C(NC(=O)CCc1nc(-c2cccs2)no1)c1nc(-c2cccnc2)no1. The highest BCUT2D eigenvalue weighted by Crippen LogP contribution is 2.24. The van der Waals surface area contributed by atoms with Gasteiger partial charge in [0, 0.05) is 30.8 Å². The van der Waals surface area contributed by atoms with Crippen molar-refractivity contribution in [3.63, 3.8) is 0 Å². The summed E-state index contributed by atoms with van der Waals surface area (Å²) in [5.74, 6) is 1.65. The number of thiophene rings is 1. The molecule has 4 rings (SSSR count). The average Bonchev–Trinajstić information content (AvgIpc) is 3.52. The average molecular weight is 424 g/mol. The van der Waals surface area contributed by atoms with E-state index in [9.17, 15) is 4.79 Å². The standard InChI is InChI=1S/C20H20N6O3S/c1-12(2)17(20-24-18(25-29-20)13-5-3-9-21-11-13)22-15(27)7-8-16-23-19(26-28-16)14-6-4-10-30-14/h3-6,9-12,17H,7-8H2,1-2H3,(H,22,27). The van der Waals surface area contributed by atoms with Gasteiger partial charge in [-0.2, -0.15) is 9.97 Å². The van der Waals surface area contributed by atoms with Gasteiger partial charge < -0.3 is 14.4 Å². The Morgan fingerprint density at radius 1 is 1.13 bits per heavy atom. The van der Waals surface area contributed by atoms with Crippen molar-refractivity contribution in [2.45, 2.75) is 32.7 Å². The smallest absolute Gasteiger partial charge is 0.249 e. The number of carbonyl (C=O) groups is 1. The van der Waals surface area contributed by atoms with E-state index in [-0.39, 0.29) is 18.2 Å². The highest BCUT2D eigenvalue weighted by molar-refractivity contribution is 7.13. The summed E-state index contributed by atoms with van der Waals surface area (Å²) in [6.07, 6.45) is 3.89. The lowest BCUT2D eigenvalue weighted by atomic mass is 10.0. The van der Waals surface area contributed by atoms with Crippen LogP contribution in [0.1, 0.15) is 38.1 Å². The number of hydrogen-bond donors (Lipinski definition) is 1. The molecule has 4 aromatic rings. The van der Waals surface area contributed by atoms with Crippen LogP contribution < -0.4 is 5.32 Å². The minimum Gasteiger partial charge on any atom is -0.344 e. The molecule has 1 N–H and O–H groups in total. The summed E-state index contributed by atoms with van der Waals surface area (Å²) in [7, 11) is 0. The number of aryl methyl sites for hydroxylation is 1. The Hall–Kier alpha value is -3.40. The third kappa shape index (κ3) is 4.60. The van der Waals surface area contributed by atoms with E-state index < -0.39 is 6.04 Å². The molecule has 1 amide bonds. The van der Waals surface area contributed by atoms with E-state index in [2.05, 4.69) is 30.6 Å². The maximum atomic E-state index is 12.5. The van der Waals surface area contributed by atoms with Gasteiger partial charge in [0.2, 0.25) is 29.3 Å².